The highest BCUT2D eigenvalue weighted by atomic mass is 16.5. The average molecular weight is 267 g/mol. The molecule has 0 bridgehead atoms. The Morgan fingerprint density at radius 3 is 3.00 bits per heavy atom. The zero-order valence-electron chi connectivity index (χ0n) is 12.0. The smallest absolute Gasteiger partial charge is 0.151 e. The highest BCUT2D eigenvalue weighted by Gasteiger charge is 2.20. The van der Waals surface area contributed by atoms with Crippen LogP contribution in [0, 0.1) is 0 Å². The fraction of sp³-hybridized carbons (Fsp3) is 0.333. The standard InChI is InChI=1S/C18H21NO/c1-2-3-8-13-19-14-15-9-4-6-11-17(15)20-18-12-7-5-10-16(18)19/h4-7,10-12,14H,2-3,8-9,13H2,1H3. The Labute approximate surface area is 121 Å². The lowest BCUT2D eigenvalue weighted by atomic mass is 10.1. The SMILES string of the molecule is CCCCCN1C=C2CC=CC=C2Oc2ccccc21. The highest BCUT2D eigenvalue weighted by molar-refractivity contribution is 5.64. The Morgan fingerprint density at radius 2 is 2.10 bits per heavy atom. The van der Waals surface area contributed by atoms with Crippen LogP contribution in [0.25, 0.3) is 0 Å². The molecular weight excluding hydrogens is 246 g/mol. The third-order valence-corrected chi connectivity index (χ3v) is 3.75. The Balaban J connectivity index is 1.93. The number of fused-ring (bicyclic) bond motifs is 2. The number of para-hydroxylation sites is 2. The minimum Gasteiger partial charge on any atom is -0.455 e. The largest absolute Gasteiger partial charge is 0.455 e. The maximum atomic E-state index is 6.10. The molecule has 104 valence electrons. The molecule has 1 aliphatic carbocycles. The van der Waals surface area contributed by atoms with Crippen molar-refractivity contribution >= 4 is 5.69 Å². The molecule has 0 fully saturated rings. The van der Waals surface area contributed by atoms with Gasteiger partial charge in [0.05, 0.1) is 5.69 Å². The fourth-order valence-corrected chi connectivity index (χ4v) is 2.65. The second-order valence-electron chi connectivity index (χ2n) is 5.29. The van der Waals surface area contributed by atoms with E-state index in [1.165, 1.54) is 30.5 Å². The average Bonchev–Trinajstić information content (AvgIpc) is 2.64. The number of hydrogen-bond donors (Lipinski definition) is 0. The van der Waals surface area contributed by atoms with E-state index < -0.39 is 0 Å². The first-order valence-corrected chi connectivity index (χ1v) is 7.50. The van der Waals surface area contributed by atoms with Crippen LogP contribution < -0.4 is 9.64 Å². The number of unbranched alkanes of at least 4 members (excludes halogenated alkanes) is 2. The summed E-state index contributed by atoms with van der Waals surface area (Å²) in [7, 11) is 0. The molecule has 2 aliphatic rings. The maximum absolute atomic E-state index is 6.10. The van der Waals surface area contributed by atoms with Gasteiger partial charge in [-0.2, -0.15) is 0 Å². The number of rotatable bonds is 4. The van der Waals surface area contributed by atoms with Gasteiger partial charge >= 0.3 is 0 Å². The van der Waals surface area contributed by atoms with E-state index in [4.69, 9.17) is 4.74 Å². The summed E-state index contributed by atoms with van der Waals surface area (Å²) in [6.45, 7) is 3.29. The fourth-order valence-electron chi connectivity index (χ4n) is 2.65. The quantitative estimate of drug-likeness (QED) is 0.726. The normalized spacial score (nSPS) is 16.6. The second-order valence-corrected chi connectivity index (χ2v) is 5.29. The molecule has 0 amide bonds. The molecule has 0 atom stereocenters. The van der Waals surface area contributed by atoms with Crippen molar-refractivity contribution in [3.63, 3.8) is 0 Å². The van der Waals surface area contributed by atoms with Crippen LogP contribution in [0.2, 0.25) is 0 Å². The lowest BCUT2D eigenvalue weighted by Crippen LogP contribution is -2.17. The molecule has 0 saturated heterocycles. The van der Waals surface area contributed by atoms with E-state index in [1.54, 1.807) is 0 Å². The van der Waals surface area contributed by atoms with Crippen LogP contribution in [-0.2, 0) is 0 Å². The summed E-state index contributed by atoms with van der Waals surface area (Å²) >= 11 is 0. The van der Waals surface area contributed by atoms with Crippen molar-refractivity contribution in [3.8, 4) is 5.75 Å². The molecule has 2 heteroatoms. The van der Waals surface area contributed by atoms with Crippen molar-refractivity contribution in [2.24, 2.45) is 0 Å². The van der Waals surface area contributed by atoms with E-state index >= 15 is 0 Å². The van der Waals surface area contributed by atoms with Crippen molar-refractivity contribution in [1.82, 2.24) is 0 Å². The van der Waals surface area contributed by atoms with Gasteiger partial charge in [-0.25, -0.2) is 0 Å². The van der Waals surface area contributed by atoms with Crippen molar-refractivity contribution < 1.29 is 4.74 Å². The minimum atomic E-state index is 0.949. The molecule has 2 nitrogen and oxygen atoms in total. The second kappa shape index (κ2) is 6.00. The van der Waals surface area contributed by atoms with Gasteiger partial charge in [0, 0.05) is 18.3 Å². The monoisotopic (exact) mass is 267 g/mol. The van der Waals surface area contributed by atoms with Gasteiger partial charge < -0.3 is 9.64 Å². The van der Waals surface area contributed by atoms with Crippen molar-refractivity contribution in [1.29, 1.82) is 0 Å². The summed E-state index contributed by atoms with van der Waals surface area (Å²) in [4.78, 5) is 2.35. The van der Waals surface area contributed by atoms with E-state index in [-0.39, 0.29) is 0 Å². The number of benzene rings is 1. The number of allylic oxidation sites excluding steroid dienone is 4. The molecule has 3 rings (SSSR count). The van der Waals surface area contributed by atoms with E-state index in [0.29, 0.717) is 0 Å². The predicted molar refractivity (Wildman–Crippen MR) is 83.9 cm³/mol. The third kappa shape index (κ3) is 2.64. The van der Waals surface area contributed by atoms with Crippen molar-refractivity contribution in [3.05, 3.63) is 60.0 Å². The van der Waals surface area contributed by atoms with Gasteiger partial charge in [0.1, 0.15) is 5.76 Å². The Hall–Kier alpha value is -1.96. The van der Waals surface area contributed by atoms with Gasteiger partial charge in [-0.15, -0.1) is 0 Å². The third-order valence-electron chi connectivity index (χ3n) is 3.75. The minimum absolute atomic E-state index is 0.949. The molecule has 1 heterocycles. The van der Waals surface area contributed by atoms with Crippen LogP contribution in [0.4, 0.5) is 5.69 Å². The van der Waals surface area contributed by atoms with Crippen molar-refractivity contribution in [2.45, 2.75) is 32.6 Å². The molecule has 0 aromatic heterocycles. The molecule has 0 radical (unpaired) electrons. The lowest BCUT2D eigenvalue weighted by molar-refractivity contribution is 0.437. The predicted octanol–water partition coefficient (Wildman–Crippen LogP) is 4.80. The van der Waals surface area contributed by atoms with Gasteiger partial charge in [-0.05, 0) is 31.1 Å². The number of hydrogen-bond acceptors (Lipinski definition) is 2. The van der Waals surface area contributed by atoms with Gasteiger partial charge in [0.25, 0.3) is 0 Å². The number of nitrogens with zero attached hydrogens (tertiary/aromatic N) is 1. The highest BCUT2D eigenvalue weighted by Crippen LogP contribution is 2.36. The Morgan fingerprint density at radius 1 is 1.20 bits per heavy atom. The first kappa shape index (κ1) is 13.0. The summed E-state index contributed by atoms with van der Waals surface area (Å²) in [6.07, 6.45) is 13.2. The molecule has 1 aromatic rings. The van der Waals surface area contributed by atoms with E-state index in [2.05, 4.69) is 54.5 Å². The molecule has 20 heavy (non-hydrogen) atoms. The Bertz CT molecular complexity index is 569. The van der Waals surface area contributed by atoms with Gasteiger partial charge in [0.2, 0.25) is 0 Å². The van der Waals surface area contributed by atoms with Gasteiger partial charge in [-0.1, -0.05) is 44.1 Å². The molecular formula is C18H21NO. The summed E-state index contributed by atoms with van der Waals surface area (Å²) in [5.41, 5.74) is 2.44. The van der Waals surface area contributed by atoms with E-state index in [0.717, 1.165) is 24.5 Å². The zero-order chi connectivity index (χ0) is 13.8. The molecule has 0 N–H and O–H groups in total. The number of ether oxygens (including phenoxy) is 1. The molecule has 1 aromatic carbocycles. The van der Waals surface area contributed by atoms with Crippen LogP contribution in [-0.4, -0.2) is 6.54 Å². The first-order valence-electron chi connectivity index (χ1n) is 7.50. The van der Waals surface area contributed by atoms with E-state index in [9.17, 15) is 0 Å². The summed E-state index contributed by atoms with van der Waals surface area (Å²) in [6, 6.07) is 8.31. The lowest BCUT2D eigenvalue weighted by Gasteiger charge is -2.21. The molecule has 1 aliphatic heterocycles. The molecule has 0 unspecified atom stereocenters. The van der Waals surface area contributed by atoms with E-state index in [1.807, 2.05) is 6.07 Å². The molecule has 0 saturated carbocycles. The van der Waals surface area contributed by atoms with Crippen LogP contribution in [0.15, 0.2) is 60.0 Å². The van der Waals surface area contributed by atoms with Gasteiger partial charge in [-0.3, -0.25) is 0 Å². The van der Waals surface area contributed by atoms with Crippen molar-refractivity contribution in [2.75, 3.05) is 11.4 Å². The maximum Gasteiger partial charge on any atom is 0.151 e. The van der Waals surface area contributed by atoms with Crippen LogP contribution in [0.3, 0.4) is 0 Å². The molecule has 0 spiro atoms. The zero-order valence-corrected chi connectivity index (χ0v) is 12.0. The summed E-state index contributed by atoms with van der Waals surface area (Å²) in [5.74, 6) is 1.94. The summed E-state index contributed by atoms with van der Waals surface area (Å²) < 4.78 is 6.10. The summed E-state index contributed by atoms with van der Waals surface area (Å²) in [5, 5.41) is 0. The topological polar surface area (TPSA) is 12.5 Å². The van der Waals surface area contributed by atoms with Crippen LogP contribution >= 0.6 is 0 Å². The number of anilines is 1. The first-order chi connectivity index (χ1) is 9.88. The van der Waals surface area contributed by atoms with Crippen LogP contribution in [0.5, 0.6) is 5.75 Å². The van der Waals surface area contributed by atoms with Gasteiger partial charge in [0.15, 0.2) is 5.75 Å². The van der Waals surface area contributed by atoms with Crippen LogP contribution in [0.1, 0.15) is 32.6 Å². The Kier molecular flexibility index (Phi) is 3.91.